The monoisotopic (exact) mass is 297 g/mol. The molecular weight excluding hydrogens is 284 g/mol. The number of anilines is 2. The molecule has 1 aromatic carbocycles. The summed E-state index contributed by atoms with van der Waals surface area (Å²) < 4.78 is 27.7. The largest absolute Gasteiger partial charge is 0.335 e. The number of hydrogen-bond donors (Lipinski definition) is 1. The number of halogens is 3. The van der Waals surface area contributed by atoms with Crippen LogP contribution in [0.15, 0.2) is 18.5 Å². The van der Waals surface area contributed by atoms with Crippen LogP contribution in [0.1, 0.15) is 24.5 Å². The third-order valence-corrected chi connectivity index (χ3v) is 3.25. The molecule has 3 nitrogen and oxygen atoms in total. The Balaban J connectivity index is 2.45. The summed E-state index contributed by atoms with van der Waals surface area (Å²) >= 11 is 6.01. The van der Waals surface area contributed by atoms with Crippen LogP contribution in [0.3, 0.4) is 0 Å². The van der Waals surface area contributed by atoms with Crippen LogP contribution in [-0.4, -0.2) is 9.97 Å². The van der Waals surface area contributed by atoms with Crippen molar-refractivity contribution in [2.45, 2.75) is 26.7 Å². The molecule has 0 bridgehead atoms. The first-order valence-electron chi connectivity index (χ1n) is 6.25. The Morgan fingerprint density at radius 1 is 1.25 bits per heavy atom. The van der Waals surface area contributed by atoms with Crippen molar-refractivity contribution in [2.24, 2.45) is 0 Å². The van der Waals surface area contributed by atoms with Gasteiger partial charge in [-0.3, -0.25) is 0 Å². The van der Waals surface area contributed by atoms with Crippen LogP contribution >= 0.6 is 11.6 Å². The maximum atomic E-state index is 14.0. The van der Waals surface area contributed by atoms with Gasteiger partial charge in [-0.2, -0.15) is 0 Å². The Hall–Kier alpha value is -1.75. The molecule has 1 N–H and O–H groups in total. The summed E-state index contributed by atoms with van der Waals surface area (Å²) in [4.78, 5) is 7.91. The van der Waals surface area contributed by atoms with Gasteiger partial charge in [0.2, 0.25) is 0 Å². The molecule has 6 heteroatoms. The molecule has 0 aliphatic carbocycles. The molecule has 0 aliphatic rings. The number of aryl methyl sites for hydroxylation is 1. The summed E-state index contributed by atoms with van der Waals surface area (Å²) in [6.45, 7) is 3.54. The highest BCUT2D eigenvalue weighted by Gasteiger charge is 2.15. The van der Waals surface area contributed by atoms with E-state index in [0.717, 1.165) is 6.42 Å². The van der Waals surface area contributed by atoms with Crippen LogP contribution in [0.25, 0.3) is 0 Å². The smallest absolute Gasteiger partial charge is 0.152 e. The Bertz CT molecular complexity index is 632. The van der Waals surface area contributed by atoms with E-state index in [1.807, 2.05) is 6.92 Å². The fraction of sp³-hybridized carbons (Fsp3) is 0.286. The van der Waals surface area contributed by atoms with Gasteiger partial charge in [-0.15, -0.1) is 0 Å². The highest BCUT2D eigenvalue weighted by molar-refractivity contribution is 6.30. The van der Waals surface area contributed by atoms with Crippen LogP contribution in [0, 0.1) is 18.6 Å². The van der Waals surface area contributed by atoms with Crippen molar-refractivity contribution >= 4 is 23.1 Å². The Kier molecular flexibility index (Phi) is 4.49. The average molecular weight is 298 g/mol. The maximum absolute atomic E-state index is 14.0. The van der Waals surface area contributed by atoms with Crippen molar-refractivity contribution in [1.82, 2.24) is 9.97 Å². The molecule has 1 aromatic heterocycles. The molecular formula is C14H14ClF2N3. The second kappa shape index (κ2) is 6.13. The summed E-state index contributed by atoms with van der Waals surface area (Å²) in [5.74, 6) is -0.984. The van der Waals surface area contributed by atoms with Gasteiger partial charge in [0, 0.05) is 5.56 Å². The third kappa shape index (κ3) is 2.88. The Morgan fingerprint density at radius 3 is 2.70 bits per heavy atom. The molecule has 0 amide bonds. The van der Waals surface area contributed by atoms with Crippen molar-refractivity contribution in [3.05, 3.63) is 46.4 Å². The highest BCUT2D eigenvalue weighted by Crippen LogP contribution is 2.28. The first-order valence-corrected chi connectivity index (χ1v) is 6.63. The zero-order valence-electron chi connectivity index (χ0n) is 11.2. The van der Waals surface area contributed by atoms with E-state index in [1.165, 1.54) is 18.5 Å². The standard InChI is InChI=1S/C14H14ClF2N3/c1-3-4-9-13(15)18-7-19-14(9)20-12-10(16)6-5-8(2)11(12)17/h5-7H,3-4H2,1-2H3,(H,18,19,20). The number of rotatable bonds is 4. The fourth-order valence-electron chi connectivity index (χ4n) is 1.86. The van der Waals surface area contributed by atoms with E-state index in [9.17, 15) is 8.78 Å². The summed E-state index contributed by atoms with van der Waals surface area (Å²) in [6, 6.07) is 2.60. The van der Waals surface area contributed by atoms with E-state index < -0.39 is 11.6 Å². The number of nitrogens with one attached hydrogen (secondary N) is 1. The average Bonchev–Trinajstić information content (AvgIpc) is 2.43. The van der Waals surface area contributed by atoms with Gasteiger partial charge in [-0.05, 0) is 25.0 Å². The van der Waals surface area contributed by atoms with E-state index in [0.29, 0.717) is 23.4 Å². The fourth-order valence-corrected chi connectivity index (χ4v) is 2.09. The summed E-state index contributed by atoms with van der Waals surface area (Å²) in [6.07, 6.45) is 2.70. The second-order valence-electron chi connectivity index (χ2n) is 4.42. The van der Waals surface area contributed by atoms with Crippen molar-refractivity contribution in [3.8, 4) is 0 Å². The normalized spacial score (nSPS) is 10.7. The van der Waals surface area contributed by atoms with Gasteiger partial charge < -0.3 is 5.32 Å². The van der Waals surface area contributed by atoms with E-state index >= 15 is 0 Å². The SMILES string of the molecule is CCCc1c(Cl)ncnc1Nc1c(F)ccc(C)c1F. The predicted molar refractivity (Wildman–Crippen MR) is 75.4 cm³/mol. The lowest BCUT2D eigenvalue weighted by Crippen LogP contribution is -2.05. The number of benzene rings is 1. The Labute approximate surface area is 121 Å². The zero-order chi connectivity index (χ0) is 14.7. The lowest BCUT2D eigenvalue weighted by Gasteiger charge is -2.13. The molecule has 0 radical (unpaired) electrons. The van der Waals surface area contributed by atoms with Crippen molar-refractivity contribution < 1.29 is 8.78 Å². The zero-order valence-corrected chi connectivity index (χ0v) is 11.9. The quantitative estimate of drug-likeness (QED) is 0.849. The molecule has 0 aliphatic heterocycles. The summed E-state index contributed by atoms with van der Waals surface area (Å²) in [5.41, 5.74) is 0.778. The van der Waals surface area contributed by atoms with Gasteiger partial charge in [-0.25, -0.2) is 18.7 Å². The van der Waals surface area contributed by atoms with Gasteiger partial charge >= 0.3 is 0 Å². The van der Waals surface area contributed by atoms with Crippen LogP contribution in [0.5, 0.6) is 0 Å². The van der Waals surface area contributed by atoms with Gasteiger partial charge in [0.05, 0.1) is 0 Å². The van der Waals surface area contributed by atoms with Crippen molar-refractivity contribution in [2.75, 3.05) is 5.32 Å². The molecule has 0 fully saturated rings. The van der Waals surface area contributed by atoms with Crippen LogP contribution in [0.2, 0.25) is 5.15 Å². The first-order chi connectivity index (χ1) is 9.54. The van der Waals surface area contributed by atoms with Crippen molar-refractivity contribution in [1.29, 1.82) is 0 Å². The molecule has 0 atom stereocenters. The molecule has 0 spiro atoms. The van der Waals surface area contributed by atoms with Gasteiger partial charge in [-0.1, -0.05) is 31.0 Å². The maximum Gasteiger partial charge on any atom is 0.152 e. The van der Waals surface area contributed by atoms with E-state index in [1.54, 1.807) is 6.92 Å². The van der Waals surface area contributed by atoms with Gasteiger partial charge in [0.15, 0.2) is 5.82 Å². The minimum Gasteiger partial charge on any atom is -0.335 e. The minimum absolute atomic E-state index is 0.225. The van der Waals surface area contributed by atoms with Gasteiger partial charge in [0.25, 0.3) is 0 Å². The van der Waals surface area contributed by atoms with Crippen LogP contribution in [-0.2, 0) is 6.42 Å². The topological polar surface area (TPSA) is 37.8 Å². The first kappa shape index (κ1) is 14.7. The molecule has 0 saturated heterocycles. The molecule has 2 aromatic rings. The summed E-state index contributed by atoms with van der Waals surface area (Å²) in [5, 5.41) is 2.98. The van der Waals surface area contributed by atoms with Crippen LogP contribution < -0.4 is 5.32 Å². The lowest BCUT2D eigenvalue weighted by atomic mass is 10.1. The molecule has 20 heavy (non-hydrogen) atoms. The highest BCUT2D eigenvalue weighted by atomic mass is 35.5. The van der Waals surface area contributed by atoms with E-state index in [-0.39, 0.29) is 10.8 Å². The second-order valence-corrected chi connectivity index (χ2v) is 4.78. The Morgan fingerprint density at radius 2 is 2.00 bits per heavy atom. The molecule has 0 saturated carbocycles. The predicted octanol–water partition coefficient (Wildman–Crippen LogP) is 4.41. The van der Waals surface area contributed by atoms with E-state index in [4.69, 9.17) is 11.6 Å². The minimum atomic E-state index is -0.676. The number of aromatic nitrogens is 2. The lowest BCUT2D eigenvalue weighted by molar-refractivity contribution is 0.584. The molecule has 106 valence electrons. The molecule has 2 rings (SSSR count). The summed E-state index contributed by atoms with van der Waals surface area (Å²) in [7, 11) is 0. The number of nitrogens with zero attached hydrogens (tertiary/aromatic N) is 2. The molecule has 1 heterocycles. The number of hydrogen-bond acceptors (Lipinski definition) is 3. The van der Waals surface area contributed by atoms with Gasteiger partial charge in [0.1, 0.15) is 28.8 Å². The van der Waals surface area contributed by atoms with Crippen molar-refractivity contribution in [3.63, 3.8) is 0 Å². The third-order valence-electron chi connectivity index (χ3n) is 2.92. The van der Waals surface area contributed by atoms with E-state index in [2.05, 4.69) is 15.3 Å². The molecule has 0 unspecified atom stereocenters. The van der Waals surface area contributed by atoms with Crippen LogP contribution in [0.4, 0.5) is 20.3 Å².